The molecule has 0 aromatic heterocycles. The van der Waals surface area contributed by atoms with Gasteiger partial charge in [0.25, 0.3) is 0 Å². The monoisotopic (exact) mass is 328 g/mol. The number of Topliss-reactive ketones (excluding diaryl/α,β-unsaturated/α-hetero) is 1. The topological polar surface area (TPSA) is 69.7 Å². The van der Waals surface area contributed by atoms with Crippen LogP contribution in [-0.2, 0) is 19.1 Å². The van der Waals surface area contributed by atoms with Gasteiger partial charge in [0, 0.05) is 23.6 Å². The van der Waals surface area contributed by atoms with Crippen molar-refractivity contribution in [3.05, 3.63) is 58.9 Å². The third-order valence-electron chi connectivity index (χ3n) is 3.57. The maximum absolute atomic E-state index is 12.6. The molecule has 1 aromatic carbocycles. The molecule has 0 heterocycles. The Morgan fingerprint density at radius 3 is 2.42 bits per heavy atom. The van der Waals surface area contributed by atoms with Crippen LogP contribution in [0, 0.1) is 0 Å². The normalized spacial score (nSPS) is 16.0. The van der Waals surface area contributed by atoms with Crippen LogP contribution in [-0.4, -0.2) is 24.3 Å². The summed E-state index contributed by atoms with van der Waals surface area (Å²) in [5.74, 6) is -1.49. The van der Waals surface area contributed by atoms with E-state index in [1.165, 1.54) is 6.92 Å². The zero-order valence-corrected chi connectivity index (χ0v) is 13.8. The fraction of sp³-hybridized carbons (Fsp3) is 0.316. The van der Waals surface area contributed by atoms with Crippen LogP contribution in [0.1, 0.15) is 43.5 Å². The van der Waals surface area contributed by atoms with E-state index in [-0.39, 0.29) is 18.1 Å². The molecule has 0 unspecified atom stereocenters. The Balaban J connectivity index is 2.38. The highest BCUT2D eigenvalue weighted by Crippen LogP contribution is 2.28. The maximum atomic E-state index is 12.6. The SMILES string of the molecule is CCOC(=O)/C(OC(C)=O)=C1\C=C(C(=O)c2ccccc2)CCC1. The van der Waals surface area contributed by atoms with Crippen LogP contribution in [0.25, 0.3) is 0 Å². The van der Waals surface area contributed by atoms with Gasteiger partial charge in [0.05, 0.1) is 6.61 Å². The average Bonchev–Trinajstić information content (AvgIpc) is 2.60. The van der Waals surface area contributed by atoms with E-state index in [1.807, 2.05) is 6.07 Å². The summed E-state index contributed by atoms with van der Waals surface area (Å²) in [4.78, 5) is 35.9. The number of hydrogen-bond donors (Lipinski definition) is 0. The number of esters is 2. The van der Waals surface area contributed by atoms with Gasteiger partial charge in [-0.25, -0.2) is 4.79 Å². The van der Waals surface area contributed by atoms with Gasteiger partial charge in [-0.2, -0.15) is 0 Å². The number of carbonyl (C=O) groups excluding carboxylic acids is 3. The van der Waals surface area contributed by atoms with E-state index >= 15 is 0 Å². The van der Waals surface area contributed by atoms with Crippen LogP contribution in [0.3, 0.4) is 0 Å². The highest BCUT2D eigenvalue weighted by molar-refractivity contribution is 6.09. The summed E-state index contributed by atoms with van der Waals surface area (Å²) in [6.07, 6.45) is 3.51. The zero-order valence-electron chi connectivity index (χ0n) is 13.8. The van der Waals surface area contributed by atoms with Gasteiger partial charge in [0.1, 0.15) is 0 Å². The Bertz CT molecular complexity index is 698. The number of carbonyl (C=O) groups is 3. The first-order valence-electron chi connectivity index (χ1n) is 7.92. The molecule has 2 rings (SSSR count). The van der Waals surface area contributed by atoms with Crippen molar-refractivity contribution < 1.29 is 23.9 Å². The van der Waals surface area contributed by atoms with Gasteiger partial charge in [0.15, 0.2) is 5.78 Å². The molecule has 1 aliphatic carbocycles. The zero-order chi connectivity index (χ0) is 17.5. The van der Waals surface area contributed by atoms with Crippen molar-refractivity contribution in [1.82, 2.24) is 0 Å². The van der Waals surface area contributed by atoms with Gasteiger partial charge < -0.3 is 9.47 Å². The second kappa shape index (κ2) is 8.24. The lowest BCUT2D eigenvalue weighted by Crippen LogP contribution is -2.17. The molecule has 0 spiro atoms. The van der Waals surface area contributed by atoms with Crippen molar-refractivity contribution in [1.29, 1.82) is 0 Å². The molecule has 24 heavy (non-hydrogen) atoms. The quantitative estimate of drug-likeness (QED) is 0.359. The fourth-order valence-electron chi connectivity index (χ4n) is 2.54. The summed E-state index contributed by atoms with van der Waals surface area (Å²) in [6, 6.07) is 8.95. The first-order valence-corrected chi connectivity index (χ1v) is 7.92. The predicted molar refractivity (Wildman–Crippen MR) is 88.1 cm³/mol. The average molecular weight is 328 g/mol. The molecule has 0 aliphatic heterocycles. The molecule has 5 heteroatoms. The third-order valence-corrected chi connectivity index (χ3v) is 3.57. The summed E-state index contributed by atoms with van der Waals surface area (Å²) in [5, 5.41) is 0. The Hall–Kier alpha value is -2.69. The van der Waals surface area contributed by atoms with Gasteiger partial charge in [-0.05, 0) is 32.3 Å². The van der Waals surface area contributed by atoms with Crippen LogP contribution >= 0.6 is 0 Å². The fourth-order valence-corrected chi connectivity index (χ4v) is 2.54. The number of benzene rings is 1. The van der Waals surface area contributed by atoms with Crippen LogP contribution in [0.15, 0.2) is 53.3 Å². The summed E-state index contributed by atoms with van der Waals surface area (Å²) in [6.45, 7) is 3.08. The van der Waals surface area contributed by atoms with E-state index in [2.05, 4.69) is 0 Å². The summed E-state index contributed by atoms with van der Waals surface area (Å²) in [5.41, 5.74) is 1.71. The predicted octanol–water partition coefficient (Wildman–Crippen LogP) is 3.36. The van der Waals surface area contributed by atoms with Crippen molar-refractivity contribution in [3.63, 3.8) is 0 Å². The molecule has 0 N–H and O–H groups in total. The molecule has 0 radical (unpaired) electrons. The first-order chi connectivity index (χ1) is 11.5. The lowest BCUT2D eigenvalue weighted by atomic mass is 9.89. The van der Waals surface area contributed by atoms with E-state index in [0.29, 0.717) is 36.0 Å². The lowest BCUT2D eigenvalue weighted by Gasteiger charge is -2.17. The number of ketones is 1. The van der Waals surface area contributed by atoms with Crippen LogP contribution in [0.2, 0.25) is 0 Å². The second-order valence-electron chi connectivity index (χ2n) is 5.39. The minimum Gasteiger partial charge on any atom is -0.460 e. The number of allylic oxidation sites excluding steroid dienone is 3. The number of rotatable bonds is 5. The summed E-state index contributed by atoms with van der Waals surface area (Å²) in [7, 11) is 0. The molecule has 0 fully saturated rings. The molecule has 1 aromatic rings. The van der Waals surface area contributed by atoms with Crippen molar-refractivity contribution in [2.75, 3.05) is 6.61 Å². The standard InChI is InChI=1S/C19H20O5/c1-3-23-19(22)18(24-13(2)20)16-11-7-10-15(12-16)17(21)14-8-5-4-6-9-14/h4-6,8-9,12H,3,7,10-11H2,1-2H3/b18-16+. The van der Waals surface area contributed by atoms with E-state index in [9.17, 15) is 14.4 Å². The Kier molecular flexibility index (Phi) is 6.07. The molecule has 0 bridgehead atoms. The van der Waals surface area contributed by atoms with Crippen molar-refractivity contribution >= 4 is 17.7 Å². The minimum absolute atomic E-state index is 0.0844. The van der Waals surface area contributed by atoms with Crippen LogP contribution < -0.4 is 0 Å². The van der Waals surface area contributed by atoms with Crippen LogP contribution in [0.4, 0.5) is 0 Å². The highest BCUT2D eigenvalue weighted by atomic mass is 16.6. The largest absolute Gasteiger partial charge is 0.460 e. The van der Waals surface area contributed by atoms with Gasteiger partial charge in [0.2, 0.25) is 5.76 Å². The Morgan fingerprint density at radius 1 is 1.08 bits per heavy atom. The molecule has 0 saturated carbocycles. The molecule has 0 amide bonds. The Morgan fingerprint density at radius 2 is 1.79 bits per heavy atom. The van der Waals surface area contributed by atoms with E-state index in [0.717, 1.165) is 0 Å². The van der Waals surface area contributed by atoms with Crippen LogP contribution in [0.5, 0.6) is 0 Å². The molecule has 0 saturated heterocycles. The van der Waals surface area contributed by atoms with Crippen molar-refractivity contribution in [2.24, 2.45) is 0 Å². The van der Waals surface area contributed by atoms with Crippen molar-refractivity contribution in [3.8, 4) is 0 Å². The smallest absolute Gasteiger partial charge is 0.374 e. The summed E-state index contributed by atoms with van der Waals surface area (Å²) >= 11 is 0. The molecule has 0 atom stereocenters. The van der Waals surface area contributed by atoms with Crippen molar-refractivity contribution in [2.45, 2.75) is 33.1 Å². The second-order valence-corrected chi connectivity index (χ2v) is 5.39. The lowest BCUT2D eigenvalue weighted by molar-refractivity contribution is -0.150. The van der Waals surface area contributed by atoms with E-state index in [1.54, 1.807) is 37.3 Å². The molecular weight excluding hydrogens is 308 g/mol. The molecule has 5 nitrogen and oxygen atoms in total. The molecule has 126 valence electrons. The number of ether oxygens (including phenoxy) is 2. The minimum atomic E-state index is -0.688. The first kappa shape index (κ1) is 17.7. The van der Waals surface area contributed by atoms with Gasteiger partial charge in [-0.1, -0.05) is 30.3 Å². The molecule has 1 aliphatic rings. The third kappa shape index (κ3) is 4.41. The summed E-state index contributed by atoms with van der Waals surface area (Å²) < 4.78 is 10.00. The maximum Gasteiger partial charge on any atom is 0.374 e. The van der Waals surface area contributed by atoms with Gasteiger partial charge in [-0.3, -0.25) is 9.59 Å². The molecular formula is C19H20O5. The highest BCUT2D eigenvalue weighted by Gasteiger charge is 2.24. The van der Waals surface area contributed by atoms with Gasteiger partial charge in [-0.15, -0.1) is 0 Å². The Labute approximate surface area is 141 Å². The van der Waals surface area contributed by atoms with E-state index in [4.69, 9.17) is 9.47 Å². The van der Waals surface area contributed by atoms with E-state index < -0.39 is 11.9 Å². The number of hydrogen-bond acceptors (Lipinski definition) is 5. The van der Waals surface area contributed by atoms with Gasteiger partial charge >= 0.3 is 11.9 Å².